The summed E-state index contributed by atoms with van der Waals surface area (Å²) in [5, 5.41) is 12.9. The minimum atomic E-state index is -0.111. The van der Waals surface area contributed by atoms with Crippen LogP contribution in [0.15, 0.2) is 18.2 Å². The molecule has 110 valence electrons. The van der Waals surface area contributed by atoms with E-state index in [1.165, 1.54) is 35.4 Å². The van der Waals surface area contributed by atoms with E-state index in [0.717, 1.165) is 32.1 Å². The Bertz CT molecular complexity index is 458. The number of anilines is 1. The second kappa shape index (κ2) is 7.44. The lowest BCUT2D eigenvalue weighted by Gasteiger charge is -2.15. The molecular weight excluding hydrogens is 248 g/mol. The van der Waals surface area contributed by atoms with Crippen molar-refractivity contribution in [3.63, 3.8) is 0 Å². The Morgan fingerprint density at radius 2 is 2.05 bits per heavy atom. The topological polar surface area (TPSA) is 46.2 Å². The normalized spacial score (nSPS) is 18.9. The van der Waals surface area contributed by atoms with E-state index in [2.05, 4.69) is 42.6 Å². The Labute approximate surface area is 122 Å². The number of unbranched alkanes of at least 4 members (excludes halogenated alkanes) is 1. The number of hydrogen-bond acceptors (Lipinski definition) is 2. The molecule has 0 radical (unpaired) electrons. The highest BCUT2D eigenvalue weighted by molar-refractivity contribution is 5.79. The summed E-state index contributed by atoms with van der Waals surface area (Å²) in [5.74, 6) is 0. The van der Waals surface area contributed by atoms with Gasteiger partial charge in [0.1, 0.15) is 0 Å². The maximum absolute atomic E-state index is 9.53. The lowest BCUT2D eigenvalue weighted by atomic mass is 9.96. The molecule has 1 aliphatic carbocycles. The van der Waals surface area contributed by atoms with Gasteiger partial charge in [0.15, 0.2) is 5.71 Å². The molecule has 0 atom stereocenters. The zero-order valence-corrected chi connectivity index (χ0v) is 12.7. The Kier molecular flexibility index (Phi) is 5.60. The first-order valence-electron chi connectivity index (χ1n) is 7.84. The van der Waals surface area contributed by atoms with E-state index in [4.69, 9.17) is 0 Å². The Balaban J connectivity index is 2.05. The van der Waals surface area contributed by atoms with Gasteiger partial charge in [0.2, 0.25) is 0 Å². The quantitative estimate of drug-likeness (QED) is 0.721. The van der Waals surface area contributed by atoms with E-state index < -0.39 is 0 Å². The molecule has 0 bridgehead atoms. The van der Waals surface area contributed by atoms with Crippen molar-refractivity contribution >= 4 is 11.4 Å². The predicted molar refractivity (Wildman–Crippen MR) is 83.9 cm³/mol. The lowest BCUT2D eigenvalue weighted by molar-refractivity contribution is -0.423. The van der Waals surface area contributed by atoms with Gasteiger partial charge in [-0.1, -0.05) is 25.5 Å². The predicted octanol–water partition coefficient (Wildman–Crippen LogP) is 2.12. The molecule has 0 spiro atoms. The van der Waals surface area contributed by atoms with Crippen molar-refractivity contribution in [1.29, 1.82) is 0 Å². The highest BCUT2D eigenvalue weighted by Gasteiger charge is 2.19. The molecule has 1 fully saturated rings. The molecule has 3 nitrogen and oxygen atoms in total. The molecular formula is C17H27N2O+. The van der Waals surface area contributed by atoms with E-state index in [0.29, 0.717) is 0 Å². The molecule has 1 saturated carbocycles. The van der Waals surface area contributed by atoms with Gasteiger partial charge in [0.25, 0.3) is 0 Å². The van der Waals surface area contributed by atoms with Crippen molar-refractivity contribution in [3.05, 3.63) is 29.3 Å². The number of hydrazone groups is 1. The number of rotatable bonds is 5. The van der Waals surface area contributed by atoms with Crippen LogP contribution in [-0.2, 0) is 6.42 Å². The first kappa shape index (κ1) is 15.0. The summed E-state index contributed by atoms with van der Waals surface area (Å²) < 4.78 is 0. The molecule has 0 heterocycles. The van der Waals surface area contributed by atoms with Gasteiger partial charge in [-0.05, 0) is 49.8 Å². The van der Waals surface area contributed by atoms with Gasteiger partial charge >= 0.3 is 0 Å². The number of aliphatic hydroxyl groups excluding tert-OH is 1. The van der Waals surface area contributed by atoms with Gasteiger partial charge in [0.05, 0.1) is 11.8 Å². The Hall–Kier alpha value is -1.35. The molecule has 0 unspecified atom stereocenters. The van der Waals surface area contributed by atoms with Crippen LogP contribution in [0.4, 0.5) is 5.69 Å². The van der Waals surface area contributed by atoms with E-state index in [9.17, 15) is 5.11 Å². The second-order valence-electron chi connectivity index (χ2n) is 5.79. The van der Waals surface area contributed by atoms with Gasteiger partial charge in [-0.3, -0.25) is 0 Å². The third-order valence-electron chi connectivity index (χ3n) is 4.12. The molecule has 1 aliphatic rings. The highest BCUT2D eigenvalue weighted by atomic mass is 16.3. The van der Waals surface area contributed by atoms with Crippen molar-refractivity contribution < 1.29 is 10.2 Å². The van der Waals surface area contributed by atoms with Crippen LogP contribution < -0.4 is 10.5 Å². The molecule has 0 aliphatic heterocycles. The molecule has 2 rings (SSSR count). The molecule has 20 heavy (non-hydrogen) atoms. The summed E-state index contributed by atoms with van der Waals surface area (Å²) in [6.45, 7) is 4.41. The fraction of sp³-hybridized carbons (Fsp3) is 0.588. The fourth-order valence-corrected chi connectivity index (χ4v) is 2.74. The van der Waals surface area contributed by atoms with Crippen LogP contribution in [0.2, 0.25) is 0 Å². The SMILES string of the molecule is CCCCc1c(C)cccc1N[NH+]=C1CCC(O)CC1. The highest BCUT2D eigenvalue weighted by Crippen LogP contribution is 2.20. The average molecular weight is 275 g/mol. The molecule has 0 saturated heterocycles. The van der Waals surface area contributed by atoms with Crippen LogP contribution in [0.5, 0.6) is 0 Å². The monoisotopic (exact) mass is 275 g/mol. The van der Waals surface area contributed by atoms with E-state index >= 15 is 0 Å². The van der Waals surface area contributed by atoms with Crippen molar-refractivity contribution in [1.82, 2.24) is 0 Å². The first-order chi connectivity index (χ1) is 9.70. The molecule has 0 aromatic heterocycles. The summed E-state index contributed by atoms with van der Waals surface area (Å²) in [6, 6.07) is 6.42. The zero-order valence-electron chi connectivity index (χ0n) is 12.7. The zero-order chi connectivity index (χ0) is 14.4. The minimum absolute atomic E-state index is 0.111. The van der Waals surface area contributed by atoms with Crippen molar-refractivity contribution in [2.24, 2.45) is 0 Å². The summed E-state index contributed by atoms with van der Waals surface area (Å²) in [5.41, 5.74) is 8.65. The van der Waals surface area contributed by atoms with Gasteiger partial charge in [-0.15, -0.1) is 5.10 Å². The van der Waals surface area contributed by atoms with Gasteiger partial charge < -0.3 is 5.11 Å². The van der Waals surface area contributed by atoms with E-state index in [1.807, 2.05) is 0 Å². The van der Waals surface area contributed by atoms with Crippen molar-refractivity contribution in [2.75, 3.05) is 5.43 Å². The maximum Gasteiger partial charge on any atom is 0.180 e. The van der Waals surface area contributed by atoms with E-state index in [1.54, 1.807) is 0 Å². The fourth-order valence-electron chi connectivity index (χ4n) is 2.74. The van der Waals surface area contributed by atoms with Gasteiger partial charge in [-0.25, -0.2) is 0 Å². The molecule has 3 heteroatoms. The van der Waals surface area contributed by atoms with Crippen LogP contribution in [0, 0.1) is 6.92 Å². The number of hydrogen-bond donors (Lipinski definition) is 3. The molecule has 1 aromatic rings. The van der Waals surface area contributed by atoms with Crippen molar-refractivity contribution in [3.8, 4) is 0 Å². The van der Waals surface area contributed by atoms with Crippen LogP contribution in [0.3, 0.4) is 0 Å². The maximum atomic E-state index is 9.53. The largest absolute Gasteiger partial charge is 0.393 e. The van der Waals surface area contributed by atoms with Gasteiger partial charge in [-0.2, -0.15) is 5.43 Å². The summed E-state index contributed by atoms with van der Waals surface area (Å²) in [6.07, 6.45) is 7.13. The minimum Gasteiger partial charge on any atom is -0.393 e. The summed E-state index contributed by atoms with van der Waals surface area (Å²) in [7, 11) is 0. The average Bonchev–Trinajstić information content (AvgIpc) is 2.46. The number of aryl methyl sites for hydroxylation is 1. The van der Waals surface area contributed by atoms with E-state index in [-0.39, 0.29) is 6.10 Å². The molecule has 3 N–H and O–H groups in total. The number of benzene rings is 1. The summed E-state index contributed by atoms with van der Waals surface area (Å²) in [4.78, 5) is 0. The molecule has 0 amide bonds. The van der Waals surface area contributed by atoms with Crippen LogP contribution in [0.25, 0.3) is 0 Å². The first-order valence-corrected chi connectivity index (χ1v) is 7.84. The lowest BCUT2D eigenvalue weighted by Crippen LogP contribution is -2.78. The smallest absolute Gasteiger partial charge is 0.180 e. The van der Waals surface area contributed by atoms with Crippen LogP contribution in [0.1, 0.15) is 56.6 Å². The third kappa shape index (κ3) is 4.07. The number of aliphatic hydroxyl groups is 1. The Morgan fingerprint density at radius 1 is 1.30 bits per heavy atom. The van der Waals surface area contributed by atoms with Crippen molar-refractivity contribution in [2.45, 2.75) is 64.9 Å². The Morgan fingerprint density at radius 3 is 2.75 bits per heavy atom. The third-order valence-corrected chi connectivity index (χ3v) is 4.12. The number of nitrogens with one attached hydrogen (secondary N) is 2. The van der Waals surface area contributed by atoms with Gasteiger partial charge in [0, 0.05) is 12.8 Å². The van der Waals surface area contributed by atoms with Crippen LogP contribution >= 0.6 is 0 Å². The standard InChI is InChI=1S/C17H26N2O/c1-3-4-7-16-13(2)6-5-8-17(16)19-18-14-9-11-15(20)12-10-14/h5-6,8,15,19-20H,3-4,7,9-12H2,1-2H3/p+1. The number of hydrazine groups is 1. The molecule has 1 aromatic carbocycles. The summed E-state index contributed by atoms with van der Waals surface area (Å²) >= 11 is 0. The van der Waals surface area contributed by atoms with Crippen LogP contribution in [-0.4, -0.2) is 16.9 Å². The second-order valence-corrected chi connectivity index (χ2v) is 5.79.